The van der Waals surface area contributed by atoms with Gasteiger partial charge in [-0.15, -0.1) is 0 Å². The van der Waals surface area contributed by atoms with E-state index in [0.717, 1.165) is 5.92 Å². The average Bonchev–Trinajstić information content (AvgIpc) is 2.36. The van der Waals surface area contributed by atoms with Gasteiger partial charge in [0.25, 0.3) is 0 Å². The van der Waals surface area contributed by atoms with Gasteiger partial charge in [-0.3, -0.25) is 0 Å². The molecule has 10 heavy (non-hydrogen) atoms. The lowest BCUT2D eigenvalue weighted by Gasteiger charge is -2.20. The van der Waals surface area contributed by atoms with E-state index in [1.165, 1.54) is 19.3 Å². The molecule has 1 atom stereocenters. The number of hydrogen-bond acceptors (Lipinski definition) is 0. The Labute approximate surface area is 62.6 Å². The van der Waals surface area contributed by atoms with Crippen molar-refractivity contribution in [2.45, 2.75) is 26.2 Å². The van der Waals surface area contributed by atoms with Crippen LogP contribution in [0.25, 0.3) is 0 Å². The van der Waals surface area contributed by atoms with Gasteiger partial charge in [-0.2, -0.15) is 0 Å². The van der Waals surface area contributed by atoms with Crippen LogP contribution >= 0.6 is 0 Å². The van der Waals surface area contributed by atoms with E-state index < -0.39 is 0 Å². The molecule has 0 fully saturated rings. The van der Waals surface area contributed by atoms with Crippen molar-refractivity contribution in [3.63, 3.8) is 0 Å². The fourth-order valence-electron chi connectivity index (χ4n) is 1.93. The molecule has 1 radical (unpaired) electrons. The van der Waals surface area contributed by atoms with Crippen LogP contribution < -0.4 is 0 Å². The van der Waals surface area contributed by atoms with Gasteiger partial charge in [0.15, 0.2) is 0 Å². The Morgan fingerprint density at radius 2 is 2.40 bits per heavy atom. The molecule has 0 aromatic carbocycles. The summed E-state index contributed by atoms with van der Waals surface area (Å²) in [4.78, 5) is 0. The number of rotatable bonds is 0. The summed E-state index contributed by atoms with van der Waals surface area (Å²) in [6.45, 7) is 2.33. The summed E-state index contributed by atoms with van der Waals surface area (Å²) in [7, 11) is 0. The quantitative estimate of drug-likeness (QED) is 0.476. The molecule has 0 amide bonds. The van der Waals surface area contributed by atoms with E-state index in [2.05, 4.69) is 25.5 Å². The molecule has 0 N–H and O–H groups in total. The first kappa shape index (κ1) is 6.21. The maximum absolute atomic E-state index is 2.33. The summed E-state index contributed by atoms with van der Waals surface area (Å²) < 4.78 is 0. The molecule has 0 spiro atoms. The molecule has 0 nitrogen and oxygen atoms in total. The lowest BCUT2D eigenvalue weighted by atomic mass is 9.86. The molecule has 0 aromatic heterocycles. The van der Waals surface area contributed by atoms with Gasteiger partial charge < -0.3 is 0 Å². The third-order valence-electron chi connectivity index (χ3n) is 2.56. The zero-order chi connectivity index (χ0) is 6.97. The van der Waals surface area contributed by atoms with Crippen LogP contribution in [0.2, 0.25) is 0 Å². The van der Waals surface area contributed by atoms with E-state index >= 15 is 0 Å². The van der Waals surface area contributed by atoms with Crippen LogP contribution in [0.15, 0.2) is 23.3 Å². The van der Waals surface area contributed by atoms with Crippen molar-refractivity contribution in [2.75, 3.05) is 0 Å². The van der Waals surface area contributed by atoms with Gasteiger partial charge in [0.2, 0.25) is 0 Å². The van der Waals surface area contributed by atoms with E-state index in [9.17, 15) is 0 Å². The molecule has 0 aromatic rings. The second-order valence-electron chi connectivity index (χ2n) is 3.30. The molecule has 2 aliphatic rings. The molecular weight excluding hydrogens is 120 g/mol. The van der Waals surface area contributed by atoms with Crippen LogP contribution in [0, 0.1) is 12.3 Å². The van der Waals surface area contributed by atoms with Crippen molar-refractivity contribution in [1.29, 1.82) is 0 Å². The van der Waals surface area contributed by atoms with Gasteiger partial charge in [-0.05, 0) is 30.8 Å². The highest BCUT2D eigenvalue weighted by atomic mass is 14.2. The molecule has 0 heteroatoms. The molecule has 1 unspecified atom stereocenters. The standard InChI is InChI=1S/C10H13/c1-8-4-2-5-9-6-3-7-10(8)9/h3,6-8H,2,4-5H2,1H3. The lowest BCUT2D eigenvalue weighted by Crippen LogP contribution is -2.04. The minimum absolute atomic E-state index is 0.818. The second-order valence-corrected chi connectivity index (χ2v) is 3.30. The number of hydrogen-bond donors (Lipinski definition) is 0. The summed E-state index contributed by atoms with van der Waals surface area (Å²) in [5.74, 6) is 0.818. The van der Waals surface area contributed by atoms with Crippen molar-refractivity contribution in [2.24, 2.45) is 5.92 Å². The molecule has 53 valence electrons. The summed E-state index contributed by atoms with van der Waals surface area (Å²) in [6.07, 6.45) is 10.8. The topological polar surface area (TPSA) is 0 Å². The van der Waals surface area contributed by atoms with E-state index in [1.807, 2.05) is 0 Å². The van der Waals surface area contributed by atoms with Gasteiger partial charge in [-0.25, -0.2) is 0 Å². The normalized spacial score (nSPS) is 31.1. The molecule has 0 bridgehead atoms. The minimum atomic E-state index is 0.818. The second kappa shape index (κ2) is 2.26. The van der Waals surface area contributed by atoms with E-state index in [0.29, 0.717) is 0 Å². The van der Waals surface area contributed by atoms with E-state index in [1.54, 1.807) is 11.1 Å². The monoisotopic (exact) mass is 133 g/mol. The summed E-state index contributed by atoms with van der Waals surface area (Å²) in [5.41, 5.74) is 3.20. The first-order chi connectivity index (χ1) is 4.88. The van der Waals surface area contributed by atoms with Gasteiger partial charge >= 0.3 is 0 Å². The first-order valence-corrected chi connectivity index (χ1v) is 4.12. The highest BCUT2D eigenvalue weighted by Crippen LogP contribution is 2.35. The van der Waals surface area contributed by atoms with Gasteiger partial charge in [0.1, 0.15) is 0 Å². The fraction of sp³-hybridized carbons (Fsp3) is 0.500. The van der Waals surface area contributed by atoms with Crippen molar-refractivity contribution >= 4 is 0 Å². The molecule has 0 saturated carbocycles. The SMILES string of the molecule is CC1CCCC2=C1C=C[CH]2. The largest absolute Gasteiger partial charge is 0.0761 e. The zero-order valence-corrected chi connectivity index (χ0v) is 6.43. The lowest BCUT2D eigenvalue weighted by molar-refractivity contribution is 0.553. The van der Waals surface area contributed by atoms with Crippen molar-refractivity contribution in [3.8, 4) is 0 Å². The summed E-state index contributed by atoms with van der Waals surface area (Å²) >= 11 is 0. The van der Waals surface area contributed by atoms with Gasteiger partial charge in [0, 0.05) is 6.42 Å². The molecule has 2 rings (SSSR count). The third kappa shape index (κ3) is 0.828. The molecule has 2 aliphatic carbocycles. The highest BCUT2D eigenvalue weighted by molar-refractivity contribution is 5.44. The fourth-order valence-corrected chi connectivity index (χ4v) is 1.93. The Morgan fingerprint density at radius 3 is 3.20 bits per heavy atom. The van der Waals surface area contributed by atoms with Crippen LogP contribution in [-0.2, 0) is 0 Å². The van der Waals surface area contributed by atoms with Crippen molar-refractivity contribution in [3.05, 3.63) is 29.7 Å². The Hall–Kier alpha value is -0.520. The van der Waals surface area contributed by atoms with Crippen LogP contribution in [-0.4, -0.2) is 0 Å². The van der Waals surface area contributed by atoms with Crippen molar-refractivity contribution in [1.82, 2.24) is 0 Å². The Balaban J connectivity index is 2.29. The molecule has 0 heterocycles. The van der Waals surface area contributed by atoms with Crippen LogP contribution in [0.4, 0.5) is 0 Å². The molecule has 0 saturated heterocycles. The first-order valence-electron chi connectivity index (χ1n) is 4.12. The van der Waals surface area contributed by atoms with Crippen LogP contribution in [0.1, 0.15) is 26.2 Å². The van der Waals surface area contributed by atoms with Gasteiger partial charge in [-0.1, -0.05) is 24.6 Å². The van der Waals surface area contributed by atoms with E-state index in [-0.39, 0.29) is 0 Å². The summed E-state index contributed by atoms with van der Waals surface area (Å²) in [5, 5.41) is 0. The predicted molar refractivity (Wildman–Crippen MR) is 43.5 cm³/mol. The molecule has 0 aliphatic heterocycles. The predicted octanol–water partition coefficient (Wildman–Crippen LogP) is 2.88. The van der Waals surface area contributed by atoms with E-state index in [4.69, 9.17) is 0 Å². The zero-order valence-electron chi connectivity index (χ0n) is 6.43. The smallest absolute Gasteiger partial charge is 0.00865 e. The Bertz CT molecular complexity index is 196. The maximum atomic E-state index is 2.33. The summed E-state index contributed by atoms with van der Waals surface area (Å²) in [6, 6.07) is 0. The Kier molecular flexibility index (Phi) is 1.40. The Morgan fingerprint density at radius 1 is 1.50 bits per heavy atom. The minimum Gasteiger partial charge on any atom is -0.0761 e. The van der Waals surface area contributed by atoms with Gasteiger partial charge in [0.05, 0.1) is 0 Å². The third-order valence-corrected chi connectivity index (χ3v) is 2.56. The van der Waals surface area contributed by atoms with Crippen molar-refractivity contribution < 1.29 is 0 Å². The van der Waals surface area contributed by atoms with Crippen LogP contribution in [0.3, 0.4) is 0 Å². The highest BCUT2D eigenvalue weighted by Gasteiger charge is 2.19. The maximum Gasteiger partial charge on any atom is 0.00865 e. The molecular formula is C10H13. The average molecular weight is 133 g/mol. The van der Waals surface area contributed by atoms with Crippen LogP contribution in [0.5, 0.6) is 0 Å². The number of allylic oxidation sites excluding steroid dienone is 4.